The summed E-state index contributed by atoms with van der Waals surface area (Å²) < 4.78 is 67.1. The van der Waals surface area contributed by atoms with Crippen molar-refractivity contribution in [3.63, 3.8) is 0 Å². The maximum atomic E-state index is 15.5. The first kappa shape index (κ1) is 39.1. The Morgan fingerprint density at radius 2 is 1.65 bits per heavy atom. The number of ether oxygens (including phenoxy) is 6. The van der Waals surface area contributed by atoms with Crippen LogP contribution in [0.4, 0.5) is 8.78 Å². The van der Waals surface area contributed by atoms with Crippen LogP contribution >= 0.6 is 0 Å². The quantitative estimate of drug-likeness (QED) is 0.169. The number of hydrogen-bond donors (Lipinski definition) is 0. The third-order valence-electron chi connectivity index (χ3n) is 12.5. The van der Waals surface area contributed by atoms with Gasteiger partial charge in [-0.2, -0.15) is 0 Å². The second-order valence-corrected chi connectivity index (χ2v) is 16.3. The smallest absolute Gasteiger partial charge is 0.276 e. The molecule has 5 rings (SSSR count). The van der Waals surface area contributed by atoms with Gasteiger partial charge in [-0.05, 0) is 145 Å². The third-order valence-corrected chi connectivity index (χ3v) is 12.5. The maximum absolute atomic E-state index is 15.5. The average Bonchev–Trinajstić information content (AvgIpc) is 3.42. The second-order valence-electron chi connectivity index (χ2n) is 16.3. The number of fused-ring (bicyclic) bond motifs is 1. The van der Waals surface area contributed by atoms with Gasteiger partial charge in [-0.25, -0.2) is 8.78 Å². The zero-order valence-corrected chi connectivity index (χ0v) is 31.4. The molecule has 3 unspecified atom stereocenters. The predicted octanol–water partition coefficient (Wildman–Crippen LogP) is 10.5. The molecule has 5 aliphatic rings. The van der Waals surface area contributed by atoms with Crippen molar-refractivity contribution >= 4 is 0 Å². The molecule has 2 aliphatic heterocycles. The Morgan fingerprint density at radius 3 is 2.31 bits per heavy atom. The van der Waals surface area contributed by atoms with Gasteiger partial charge in [-0.15, -0.1) is 0 Å². The van der Waals surface area contributed by atoms with Crippen molar-refractivity contribution in [1.82, 2.24) is 0 Å². The van der Waals surface area contributed by atoms with E-state index in [0.717, 1.165) is 102 Å². The van der Waals surface area contributed by atoms with E-state index in [2.05, 4.69) is 32.6 Å². The third kappa shape index (κ3) is 9.64. The maximum Gasteiger partial charge on any atom is 0.276 e. The highest BCUT2D eigenvalue weighted by atomic mass is 19.3. The zero-order valence-electron chi connectivity index (χ0n) is 31.4. The fraction of sp³-hybridized carbons (Fsp3) is 0.854. The van der Waals surface area contributed by atoms with E-state index in [0.29, 0.717) is 24.9 Å². The molecule has 3 saturated carbocycles. The molecule has 0 aromatic carbocycles. The van der Waals surface area contributed by atoms with Gasteiger partial charge in [0.1, 0.15) is 5.60 Å². The van der Waals surface area contributed by atoms with Crippen molar-refractivity contribution in [1.29, 1.82) is 0 Å². The van der Waals surface area contributed by atoms with E-state index >= 15 is 8.78 Å². The normalized spacial score (nSPS) is 36.2. The molecule has 0 spiro atoms. The Kier molecular flexibility index (Phi) is 13.6. The molecule has 5 fully saturated rings. The lowest BCUT2D eigenvalue weighted by Gasteiger charge is -2.45. The summed E-state index contributed by atoms with van der Waals surface area (Å²) in [6.45, 7) is 17.6. The first-order valence-corrected chi connectivity index (χ1v) is 19.6. The summed E-state index contributed by atoms with van der Waals surface area (Å²) in [5.41, 5.74) is 2.25. The van der Waals surface area contributed by atoms with Gasteiger partial charge < -0.3 is 28.4 Å². The Hall–Kier alpha value is -1.16. The average molecular weight is 693 g/mol. The van der Waals surface area contributed by atoms with Crippen molar-refractivity contribution in [2.75, 3.05) is 19.8 Å². The lowest BCUT2D eigenvalue weighted by atomic mass is 9.60. The van der Waals surface area contributed by atoms with Crippen molar-refractivity contribution in [2.45, 2.75) is 180 Å². The molecular weight excluding hydrogens is 626 g/mol. The van der Waals surface area contributed by atoms with Crippen LogP contribution in [0.5, 0.6) is 0 Å². The molecular formula is C41H66F2O6. The summed E-state index contributed by atoms with van der Waals surface area (Å²) in [5, 5.41) is 0. The molecule has 2 heterocycles. The van der Waals surface area contributed by atoms with Gasteiger partial charge in [0, 0.05) is 32.7 Å². The van der Waals surface area contributed by atoms with E-state index in [1.54, 1.807) is 6.92 Å². The van der Waals surface area contributed by atoms with E-state index in [1.165, 1.54) is 25.0 Å². The predicted molar refractivity (Wildman–Crippen MR) is 189 cm³/mol. The number of allylic oxidation sites excluding steroid dienone is 3. The lowest BCUT2D eigenvalue weighted by molar-refractivity contribution is -0.264. The highest BCUT2D eigenvalue weighted by molar-refractivity contribution is 5.39. The van der Waals surface area contributed by atoms with Gasteiger partial charge in [-0.1, -0.05) is 38.2 Å². The summed E-state index contributed by atoms with van der Waals surface area (Å²) >= 11 is 0. The van der Waals surface area contributed by atoms with E-state index in [-0.39, 0.29) is 42.5 Å². The highest BCUT2D eigenvalue weighted by Gasteiger charge is 2.53. The fourth-order valence-electron chi connectivity index (χ4n) is 9.60. The molecule has 0 bridgehead atoms. The van der Waals surface area contributed by atoms with Crippen LogP contribution < -0.4 is 0 Å². The molecule has 280 valence electrons. The van der Waals surface area contributed by atoms with E-state index in [9.17, 15) is 0 Å². The molecule has 3 aliphatic carbocycles. The van der Waals surface area contributed by atoms with Gasteiger partial charge in [0.2, 0.25) is 0 Å². The molecule has 9 atom stereocenters. The van der Waals surface area contributed by atoms with Gasteiger partial charge in [0.05, 0.1) is 12.2 Å². The SMILES string of the molecule is C=C1/C(=C\C=C2/CCC[C@]3(C)[C@@H]([C@H](C)CCC(F)(F)C(C)(C)OC(C)OCC)CC[C@@H]23)C[C@H](OC2CCCCO2)C[C@H]1OC1CCCCO1. The van der Waals surface area contributed by atoms with Crippen LogP contribution in [0.3, 0.4) is 0 Å². The first-order chi connectivity index (χ1) is 23.3. The Labute approximate surface area is 295 Å². The van der Waals surface area contributed by atoms with E-state index in [4.69, 9.17) is 28.4 Å². The number of rotatable bonds is 14. The molecule has 0 radical (unpaired) electrons. The minimum atomic E-state index is -2.95. The standard InChI is InChI=1S/C41H66F2O6/c1-8-44-30(4)49-39(5,6)41(42,43)23-21-28(2)34-19-20-35-31(14-13-22-40(34,35)7)17-18-32-26-33(47-37-15-9-11-24-45-37)27-36(29(32)3)48-38-16-10-12-25-46-38/h17-18,28,30,33-38H,3,8-16,19-27H2,1-2,4-7H3/b31-17+,32-18-/t28-,30?,33+,34-,35+,36-,37?,38?,40-/m1/s1. The van der Waals surface area contributed by atoms with Crippen molar-refractivity contribution in [2.24, 2.45) is 23.2 Å². The fourth-order valence-corrected chi connectivity index (χ4v) is 9.60. The van der Waals surface area contributed by atoms with Crippen LogP contribution in [0.2, 0.25) is 0 Å². The second kappa shape index (κ2) is 17.1. The summed E-state index contributed by atoms with van der Waals surface area (Å²) in [4.78, 5) is 0. The van der Waals surface area contributed by atoms with Gasteiger partial charge in [-0.3, -0.25) is 0 Å². The van der Waals surface area contributed by atoms with Gasteiger partial charge in [0.15, 0.2) is 18.9 Å². The number of halogens is 2. The summed E-state index contributed by atoms with van der Waals surface area (Å²) in [6.07, 6.45) is 17.3. The monoisotopic (exact) mass is 692 g/mol. The molecule has 0 N–H and O–H groups in total. The Balaban J connectivity index is 1.26. The van der Waals surface area contributed by atoms with Crippen LogP contribution in [-0.4, -0.2) is 62.4 Å². The minimum Gasteiger partial charge on any atom is -0.353 e. The van der Waals surface area contributed by atoms with Crippen LogP contribution in [0, 0.1) is 23.2 Å². The molecule has 0 aromatic rings. The largest absolute Gasteiger partial charge is 0.353 e. The summed E-state index contributed by atoms with van der Waals surface area (Å²) in [6, 6.07) is 0. The Morgan fingerprint density at radius 1 is 0.959 bits per heavy atom. The summed E-state index contributed by atoms with van der Waals surface area (Å²) in [7, 11) is 0. The lowest BCUT2D eigenvalue weighted by Crippen LogP contribution is -2.48. The highest BCUT2D eigenvalue weighted by Crippen LogP contribution is 2.60. The topological polar surface area (TPSA) is 55.4 Å². The van der Waals surface area contributed by atoms with Crippen LogP contribution in [0.25, 0.3) is 0 Å². The molecule has 0 aromatic heterocycles. The van der Waals surface area contributed by atoms with Crippen LogP contribution in [0.1, 0.15) is 138 Å². The molecule has 8 heteroatoms. The first-order valence-electron chi connectivity index (χ1n) is 19.6. The Bertz CT molecular complexity index is 1140. The van der Waals surface area contributed by atoms with E-state index < -0.39 is 17.8 Å². The van der Waals surface area contributed by atoms with Crippen molar-refractivity contribution < 1.29 is 37.2 Å². The van der Waals surface area contributed by atoms with Crippen LogP contribution in [0.15, 0.2) is 35.5 Å². The number of alkyl halides is 2. The molecule has 6 nitrogen and oxygen atoms in total. The van der Waals surface area contributed by atoms with E-state index in [1.807, 2.05) is 6.92 Å². The zero-order chi connectivity index (χ0) is 35.2. The van der Waals surface area contributed by atoms with Crippen molar-refractivity contribution in [3.05, 3.63) is 35.5 Å². The number of hydrogen-bond acceptors (Lipinski definition) is 6. The summed E-state index contributed by atoms with van der Waals surface area (Å²) in [5.74, 6) is -1.86. The van der Waals surface area contributed by atoms with Crippen molar-refractivity contribution in [3.8, 4) is 0 Å². The van der Waals surface area contributed by atoms with Gasteiger partial charge in [0.25, 0.3) is 5.92 Å². The van der Waals surface area contributed by atoms with Gasteiger partial charge >= 0.3 is 0 Å². The van der Waals surface area contributed by atoms with Crippen LogP contribution in [-0.2, 0) is 28.4 Å². The molecule has 0 amide bonds. The molecule has 2 saturated heterocycles. The molecule has 49 heavy (non-hydrogen) atoms. The minimum absolute atomic E-state index is 0.0102.